The van der Waals surface area contributed by atoms with E-state index in [0.29, 0.717) is 22.5 Å². The van der Waals surface area contributed by atoms with Crippen LogP contribution < -0.4 is 0 Å². The van der Waals surface area contributed by atoms with Gasteiger partial charge >= 0.3 is 0 Å². The quantitative estimate of drug-likeness (QED) is 0.156. The zero-order valence-corrected chi connectivity index (χ0v) is 44.7. The van der Waals surface area contributed by atoms with Crippen molar-refractivity contribution in [2.75, 3.05) is 0 Å². The summed E-state index contributed by atoms with van der Waals surface area (Å²) in [7, 11) is 0. The van der Waals surface area contributed by atoms with E-state index in [0.717, 1.165) is 130 Å². The number of nitriles is 1. The molecule has 0 amide bonds. The molecule has 0 saturated heterocycles. The van der Waals surface area contributed by atoms with E-state index in [1.165, 1.54) is 20.2 Å². The molecule has 0 unspecified atom stereocenters. The lowest BCUT2D eigenvalue weighted by Gasteiger charge is -2.26. The van der Waals surface area contributed by atoms with Gasteiger partial charge in [-0.25, -0.2) is 4.85 Å². The van der Waals surface area contributed by atoms with Crippen LogP contribution in [0.2, 0.25) is 0 Å². The number of furan rings is 1. The van der Waals surface area contributed by atoms with E-state index in [2.05, 4.69) is 221 Å². The zero-order chi connectivity index (χ0) is 53.4. The molecule has 17 rings (SSSR count). The summed E-state index contributed by atoms with van der Waals surface area (Å²) in [5.41, 5.74) is 14.5. The van der Waals surface area contributed by atoms with Gasteiger partial charge in [0.25, 0.3) is 0 Å². The second-order valence-electron chi connectivity index (χ2n) is 20.7. The van der Waals surface area contributed by atoms with Gasteiger partial charge in [0.2, 0.25) is 5.69 Å². The van der Waals surface area contributed by atoms with Crippen molar-refractivity contribution in [3.63, 3.8) is 0 Å². The van der Waals surface area contributed by atoms with Crippen molar-refractivity contribution >= 4 is 134 Å². The molecule has 0 N–H and O–H groups in total. The summed E-state index contributed by atoms with van der Waals surface area (Å²) in [5, 5.41) is 23.4. The summed E-state index contributed by atoms with van der Waals surface area (Å²) in [6.45, 7) is 9.89. The van der Waals surface area contributed by atoms with Crippen molar-refractivity contribution in [2.45, 2.75) is 0 Å². The predicted molar refractivity (Wildman–Crippen MR) is 341 cm³/mol. The first-order valence-corrected chi connectivity index (χ1v) is 28.6. The molecular formula is C74H40N4OS2. The van der Waals surface area contributed by atoms with Crippen LogP contribution in [0.15, 0.2) is 247 Å². The lowest BCUT2D eigenvalue weighted by atomic mass is 9.88. The predicted octanol–water partition coefficient (Wildman–Crippen LogP) is 21.6. The third kappa shape index (κ3) is 6.39. The smallest absolute Gasteiger partial charge is 0.221 e. The summed E-state index contributed by atoms with van der Waals surface area (Å²) >= 11 is 3.59. The maximum absolute atomic E-state index is 12.7. The standard InChI is InChI=1S/C74H40N4OS2/c1-76-65-64(45-24-9-4-10-25-45)71(78-69-54(37-40-57-49-29-14-17-34-61(49)80-73(57)69)55-38-41-58-50-30-15-18-35-62(50)81-74(58)70(55)78)63(44-22-7-3-8-23-44)59(42-75)67(65)77-66-51(47-27-12-11-26-46(47)43-20-5-2-6-21-43)31-19-32-52(66)53-36-39-56-48-28-13-16-33-60(48)79-72(56)68(53)77/h2-41H. The van der Waals surface area contributed by atoms with Crippen LogP contribution in [0.3, 0.4) is 0 Å². The van der Waals surface area contributed by atoms with Crippen LogP contribution in [0.1, 0.15) is 5.56 Å². The average molecular weight is 1070 g/mol. The lowest BCUT2D eigenvalue weighted by Crippen LogP contribution is -2.09. The molecule has 0 fully saturated rings. The summed E-state index contributed by atoms with van der Waals surface area (Å²) in [6, 6.07) is 88.3. The first kappa shape index (κ1) is 45.5. The Morgan fingerprint density at radius 1 is 0.370 bits per heavy atom. The molecule has 81 heavy (non-hydrogen) atoms. The number of nitrogens with zero attached hydrogens (tertiary/aromatic N) is 4. The molecule has 0 aliphatic rings. The first-order valence-electron chi connectivity index (χ1n) is 27.0. The number of hydrogen-bond donors (Lipinski definition) is 0. The van der Waals surface area contributed by atoms with Gasteiger partial charge in [-0.3, -0.25) is 0 Å². The summed E-state index contributed by atoms with van der Waals surface area (Å²) < 4.78 is 16.5. The second-order valence-corrected chi connectivity index (χ2v) is 22.8. The molecule has 0 aliphatic heterocycles. The van der Waals surface area contributed by atoms with E-state index in [1.54, 1.807) is 22.7 Å². The molecular weight excluding hydrogens is 1020 g/mol. The van der Waals surface area contributed by atoms with Crippen LogP contribution in [0.25, 0.3) is 167 Å². The van der Waals surface area contributed by atoms with Crippen molar-refractivity contribution in [1.82, 2.24) is 9.13 Å². The molecule has 0 bridgehead atoms. The SMILES string of the molecule is [C-]#[N+]c1c(-c2ccccc2)c(-n2c3c(ccc4c5ccccc5sc43)c3ccc4c5ccccc5sc4c32)c(-c2ccccc2)c(C#N)c1-n1c2c(-c3ccccc3-c3ccccc3)cccc2c2ccc3c4ccccc4oc3c21. The minimum atomic E-state index is 0.354. The molecule has 0 atom stereocenters. The third-order valence-electron chi connectivity index (χ3n) is 16.6. The number of fused-ring (bicyclic) bond motifs is 18. The number of aromatic nitrogens is 2. The highest BCUT2D eigenvalue weighted by molar-refractivity contribution is 7.27. The zero-order valence-electron chi connectivity index (χ0n) is 43.1. The highest BCUT2D eigenvalue weighted by atomic mass is 32.1. The molecule has 7 heteroatoms. The highest BCUT2D eigenvalue weighted by Crippen LogP contribution is 2.56. The van der Waals surface area contributed by atoms with Gasteiger partial charge in [-0.15, -0.1) is 22.7 Å². The Balaban J connectivity index is 1.15. The van der Waals surface area contributed by atoms with Crippen LogP contribution in [0, 0.1) is 17.9 Å². The van der Waals surface area contributed by atoms with Crippen LogP contribution >= 0.6 is 22.7 Å². The maximum Gasteiger partial charge on any atom is 0.221 e. The lowest BCUT2D eigenvalue weighted by molar-refractivity contribution is 0.671. The molecule has 17 aromatic rings. The van der Waals surface area contributed by atoms with Gasteiger partial charge in [0, 0.05) is 80.0 Å². The maximum atomic E-state index is 12.7. The minimum absolute atomic E-state index is 0.354. The fourth-order valence-corrected chi connectivity index (χ4v) is 15.7. The fourth-order valence-electron chi connectivity index (χ4n) is 13.3. The summed E-state index contributed by atoms with van der Waals surface area (Å²) in [6.07, 6.45) is 0. The second kappa shape index (κ2) is 17.5. The monoisotopic (exact) mass is 1060 g/mol. The Bertz CT molecular complexity index is 5400. The van der Waals surface area contributed by atoms with Crippen LogP contribution in [-0.4, -0.2) is 9.13 Å². The molecule has 0 aliphatic carbocycles. The summed E-state index contributed by atoms with van der Waals surface area (Å²) in [5.74, 6) is 0. The Morgan fingerprint density at radius 2 is 0.827 bits per heavy atom. The highest BCUT2D eigenvalue weighted by Gasteiger charge is 2.34. The van der Waals surface area contributed by atoms with Gasteiger partial charge in [0.1, 0.15) is 11.7 Å². The molecule has 5 heterocycles. The van der Waals surface area contributed by atoms with Crippen molar-refractivity contribution in [1.29, 1.82) is 5.26 Å². The van der Waals surface area contributed by atoms with Crippen molar-refractivity contribution in [3.8, 4) is 62.0 Å². The minimum Gasteiger partial charge on any atom is -0.454 e. The number of benzene rings is 12. The van der Waals surface area contributed by atoms with Crippen LogP contribution in [0.4, 0.5) is 5.69 Å². The van der Waals surface area contributed by atoms with Crippen molar-refractivity contribution in [2.24, 2.45) is 0 Å². The largest absolute Gasteiger partial charge is 0.454 e. The Morgan fingerprint density at radius 3 is 1.44 bits per heavy atom. The fraction of sp³-hybridized carbons (Fsp3) is 0. The normalized spacial score (nSPS) is 11.9. The Labute approximate surface area is 471 Å². The number of thiophene rings is 2. The van der Waals surface area contributed by atoms with Gasteiger partial charge in [0.05, 0.1) is 55.0 Å². The van der Waals surface area contributed by atoms with Gasteiger partial charge in [-0.2, -0.15) is 5.26 Å². The molecule has 0 spiro atoms. The van der Waals surface area contributed by atoms with Gasteiger partial charge in [-0.05, 0) is 52.1 Å². The first-order chi connectivity index (χ1) is 40.2. The Kier molecular flexibility index (Phi) is 9.82. The van der Waals surface area contributed by atoms with E-state index in [9.17, 15) is 11.8 Å². The number of hydrogen-bond acceptors (Lipinski definition) is 4. The van der Waals surface area contributed by atoms with Gasteiger partial charge < -0.3 is 13.6 Å². The molecule has 5 nitrogen and oxygen atoms in total. The molecule has 0 radical (unpaired) electrons. The molecule has 374 valence electrons. The van der Waals surface area contributed by atoms with Gasteiger partial charge in [0.15, 0.2) is 5.58 Å². The molecule has 12 aromatic carbocycles. The number of para-hydroxylation sites is 2. The van der Waals surface area contributed by atoms with E-state index in [1.807, 2.05) is 36.4 Å². The van der Waals surface area contributed by atoms with Gasteiger partial charge in [-0.1, -0.05) is 218 Å². The summed E-state index contributed by atoms with van der Waals surface area (Å²) in [4.78, 5) is 4.81. The van der Waals surface area contributed by atoms with Crippen molar-refractivity contribution < 1.29 is 4.42 Å². The molecule has 5 aromatic heterocycles. The van der Waals surface area contributed by atoms with E-state index >= 15 is 0 Å². The Hall–Kier alpha value is -10.5. The number of rotatable bonds is 6. The average Bonchev–Trinajstić information content (AvgIpc) is 3.66. The van der Waals surface area contributed by atoms with Crippen molar-refractivity contribution in [3.05, 3.63) is 260 Å². The topological polar surface area (TPSA) is 51.1 Å². The third-order valence-corrected chi connectivity index (χ3v) is 19.0. The van der Waals surface area contributed by atoms with E-state index < -0.39 is 0 Å². The van der Waals surface area contributed by atoms with E-state index in [-0.39, 0.29) is 0 Å². The van der Waals surface area contributed by atoms with E-state index in [4.69, 9.17) is 9.26 Å². The van der Waals surface area contributed by atoms with Crippen LogP contribution in [0.5, 0.6) is 0 Å². The van der Waals surface area contributed by atoms with Crippen LogP contribution in [-0.2, 0) is 0 Å². The molecule has 0 saturated carbocycles.